The molecule has 0 spiro atoms. The summed E-state index contributed by atoms with van der Waals surface area (Å²) in [5, 5.41) is 3.95. The van der Waals surface area contributed by atoms with Crippen LogP contribution in [-0.2, 0) is 4.79 Å². The van der Waals surface area contributed by atoms with Crippen molar-refractivity contribution in [2.24, 2.45) is 5.10 Å². The summed E-state index contributed by atoms with van der Waals surface area (Å²) < 4.78 is 16.1. The molecule has 0 unspecified atom stereocenters. The van der Waals surface area contributed by atoms with Crippen LogP contribution in [0.25, 0.3) is 6.08 Å². The van der Waals surface area contributed by atoms with Crippen LogP contribution in [0.5, 0.6) is 17.2 Å². The number of amides is 1. The van der Waals surface area contributed by atoms with Crippen LogP contribution < -0.4 is 19.6 Å². The molecule has 0 aromatic heterocycles. The largest absolute Gasteiger partial charge is 0.489 e. The minimum atomic E-state index is -0.344. The van der Waals surface area contributed by atoms with E-state index in [-0.39, 0.29) is 12.7 Å². The average molecular weight is 350 g/mol. The molecule has 0 bridgehead atoms. The zero-order valence-electron chi connectivity index (χ0n) is 14.1. The Labute approximate surface area is 151 Å². The Hall–Kier alpha value is -3.54. The van der Waals surface area contributed by atoms with Gasteiger partial charge in [-0.25, -0.2) is 5.43 Å². The quantitative estimate of drug-likeness (QED) is 0.360. The topological polar surface area (TPSA) is 69.2 Å². The van der Waals surface area contributed by atoms with Gasteiger partial charge in [0.2, 0.25) is 6.79 Å². The summed E-state index contributed by atoms with van der Waals surface area (Å²) in [5.41, 5.74) is 4.04. The molecule has 1 aliphatic rings. The number of benzene rings is 2. The Morgan fingerprint density at radius 1 is 1.23 bits per heavy atom. The molecule has 3 rings (SSSR count). The van der Waals surface area contributed by atoms with E-state index in [9.17, 15) is 4.79 Å². The van der Waals surface area contributed by atoms with E-state index >= 15 is 0 Å². The highest BCUT2D eigenvalue weighted by atomic mass is 16.7. The van der Waals surface area contributed by atoms with Gasteiger partial charge in [-0.3, -0.25) is 4.79 Å². The number of para-hydroxylation sites is 1. The van der Waals surface area contributed by atoms with E-state index in [1.807, 2.05) is 36.4 Å². The van der Waals surface area contributed by atoms with Crippen LogP contribution >= 0.6 is 0 Å². The second-order valence-corrected chi connectivity index (χ2v) is 5.32. The second kappa shape index (κ2) is 8.53. The molecule has 0 atom stereocenters. The molecular formula is C20H18N2O4. The monoisotopic (exact) mass is 350 g/mol. The Kier molecular flexibility index (Phi) is 5.67. The van der Waals surface area contributed by atoms with Crippen molar-refractivity contribution in [1.82, 2.24) is 5.43 Å². The summed E-state index contributed by atoms with van der Waals surface area (Å²) in [7, 11) is 0. The maximum absolute atomic E-state index is 11.9. The first-order valence-electron chi connectivity index (χ1n) is 8.00. The number of carbonyl (C=O) groups is 1. The van der Waals surface area contributed by atoms with E-state index in [2.05, 4.69) is 17.1 Å². The molecule has 0 fully saturated rings. The van der Waals surface area contributed by atoms with E-state index in [0.717, 1.165) is 11.1 Å². The van der Waals surface area contributed by atoms with E-state index in [4.69, 9.17) is 14.2 Å². The number of ether oxygens (including phenoxy) is 3. The molecule has 0 saturated heterocycles. The molecule has 1 amide bonds. The molecule has 1 aliphatic heterocycles. The molecule has 6 nitrogen and oxygen atoms in total. The van der Waals surface area contributed by atoms with E-state index in [1.165, 1.54) is 12.3 Å². The van der Waals surface area contributed by atoms with Gasteiger partial charge in [0.05, 0.1) is 6.21 Å². The van der Waals surface area contributed by atoms with Crippen molar-refractivity contribution in [2.45, 2.75) is 0 Å². The number of hydrazone groups is 1. The summed E-state index contributed by atoms with van der Waals surface area (Å²) in [4.78, 5) is 11.9. The highest BCUT2D eigenvalue weighted by molar-refractivity contribution is 5.93. The lowest BCUT2D eigenvalue weighted by Crippen LogP contribution is -2.14. The first-order valence-corrected chi connectivity index (χ1v) is 8.00. The zero-order valence-corrected chi connectivity index (χ0v) is 14.1. The van der Waals surface area contributed by atoms with Crippen LogP contribution in [0, 0.1) is 0 Å². The standard InChI is InChI=1S/C20H18N2O4/c1-2-11-24-17-6-4-3-5-16(17)13-21-22-20(23)10-8-15-7-9-18-19(12-15)26-14-25-18/h2-10,12-13H,1,11,14H2,(H,22,23)/b10-8+,21-13+. The predicted molar refractivity (Wildman–Crippen MR) is 99.5 cm³/mol. The number of nitrogens with zero attached hydrogens (tertiary/aromatic N) is 1. The van der Waals surface area contributed by atoms with Crippen molar-refractivity contribution in [3.8, 4) is 17.2 Å². The first-order chi connectivity index (χ1) is 12.8. The van der Waals surface area contributed by atoms with Gasteiger partial charge in [0.1, 0.15) is 12.4 Å². The molecule has 1 heterocycles. The van der Waals surface area contributed by atoms with Crippen molar-refractivity contribution < 1.29 is 19.0 Å². The smallest absolute Gasteiger partial charge is 0.264 e. The van der Waals surface area contributed by atoms with Gasteiger partial charge in [-0.15, -0.1) is 0 Å². The lowest BCUT2D eigenvalue weighted by Gasteiger charge is -2.05. The fraction of sp³-hybridized carbons (Fsp3) is 0.100. The number of rotatable bonds is 7. The Morgan fingerprint density at radius 2 is 2.08 bits per heavy atom. The summed E-state index contributed by atoms with van der Waals surface area (Å²) in [6.45, 7) is 4.23. The molecule has 0 aliphatic carbocycles. The number of carbonyl (C=O) groups excluding carboxylic acids is 1. The first kappa shape index (κ1) is 17.3. The maximum atomic E-state index is 11.9. The molecule has 26 heavy (non-hydrogen) atoms. The summed E-state index contributed by atoms with van der Waals surface area (Å²) in [6, 6.07) is 12.9. The lowest BCUT2D eigenvalue weighted by molar-refractivity contribution is -0.116. The van der Waals surface area contributed by atoms with Crippen LogP contribution in [0.1, 0.15) is 11.1 Å². The lowest BCUT2D eigenvalue weighted by atomic mass is 10.2. The average Bonchev–Trinajstić information content (AvgIpc) is 3.13. The van der Waals surface area contributed by atoms with Crippen LogP contribution in [0.3, 0.4) is 0 Å². The minimum Gasteiger partial charge on any atom is -0.489 e. The van der Waals surface area contributed by atoms with Crippen LogP contribution in [0.15, 0.2) is 66.3 Å². The van der Waals surface area contributed by atoms with Gasteiger partial charge in [0.15, 0.2) is 11.5 Å². The fourth-order valence-electron chi connectivity index (χ4n) is 2.26. The van der Waals surface area contributed by atoms with Gasteiger partial charge in [0, 0.05) is 11.6 Å². The number of hydrogen-bond acceptors (Lipinski definition) is 5. The third-order valence-electron chi connectivity index (χ3n) is 3.48. The van der Waals surface area contributed by atoms with Crippen LogP contribution in [-0.4, -0.2) is 25.5 Å². The highest BCUT2D eigenvalue weighted by Crippen LogP contribution is 2.32. The predicted octanol–water partition coefficient (Wildman–Crippen LogP) is 3.14. The normalized spacial score (nSPS) is 12.5. The molecule has 6 heteroatoms. The van der Waals surface area contributed by atoms with Crippen molar-refractivity contribution in [3.63, 3.8) is 0 Å². The molecule has 2 aromatic carbocycles. The highest BCUT2D eigenvalue weighted by Gasteiger charge is 2.12. The van der Waals surface area contributed by atoms with Gasteiger partial charge < -0.3 is 14.2 Å². The van der Waals surface area contributed by atoms with Gasteiger partial charge >= 0.3 is 0 Å². The third kappa shape index (κ3) is 4.51. The molecular weight excluding hydrogens is 332 g/mol. The van der Waals surface area contributed by atoms with Crippen molar-refractivity contribution >= 4 is 18.2 Å². The molecule has 1 N–H and O–H groups in total. The van der Waals surface area contributed by atoms with E-state index in [0.29, 0.717) is 23.9 Å². The van der Waals surface area contributed by atoms with Crippen LogP contribution in [0.2, 0.25) is 0 Å². The molecule has 2 aromatic rings. The number of hydrogen-bond donors (Lipinski definition) is 1. The summed E-state index contributed by atoms with van der Waals surface area (Å²) in [5.74, 6) is 1.69. The molecule has 132 valence electrons. The van der Waals surface area contributed by atoms with Crippen LogP contribution in [0.4, 0.5) is 0 Å². The van der Waals surface area contributed by atoms with Crippen molar-refractivity contribution in [2.75, 3.05) is 13.4 Å². The summed E-state index contributed by atoms with van der Waals surface area (Å²) in [6.07, 6.45) is 6.27. The molecule has 0 saturated carbocycles. The van der Waals surface area contributed by atoms with Gasteiger partial charge in [-0.05, 0) is 35.9 Å². The number of nitrogens with one attached hydrogen (secondary N) is 1. The van der Waals surface area contributed by atoms with Crippen molar-refractivity contribution in [3.05, 3.63) is 72.3 Å². The number of fused-ring (bicyclic) bond motifs is 1. The fourth-order valence-corrected chi connectivity index (χ4v) is 2.26. The van der Waals surface area contributed by atoms with Crippen molar-refractivity contribution in [1.29, 1.82) is 0 Å². The SMILES string of the molecule is C=CCOc1ccccc1/C=N/NC(=O)/C=C/c1ccc2c(c1)OCO2. The molecule has 0 radical (unpaired) electrons. The van der Waals surface area contributed by atoms with Gasteiger partial charge in [-0.2, -0.15) is 5.10 Å². The Bertz CT molecular complexity index is 859. The van der Waals surface area contributed by atoms with E-state index < -0.39 is 0 Å². The van der Waals surface area contributed by atoms with Gasteiger partial charge in [0.25, 0.3) is 5.91 Å². The zero-order chi connectivity index (χ0) is 18.2. The maximum Gasteiger partial charge on any atom is 0.264 e. The Morgan fingerprint density at radius 3 is 2.96 bits per heavy atom. The second-order valence-electron chi connectivity index (χ2n) is 5.32. The summed E-state index contributed by atoms with van der Waals surface area (Å²) >= 11 is 0. The third-order valence-corrected chi connectivity index (χ3v) is 3.48. The Balaban J connectivity index is 1.57. The minimum absolute atomic E-state index is 0.218. The van der Waals surface area contributed by atoms with E-state index in [1.54, 1.807) is 18.2 Å². The van der Waals surface area contributed by atoms with Gasteiger partial charge in [-0.1, -0.05) is 30.9 Å².